The standard InChI is InChI=1S/C13H20ClN3O/c1-9-6-12(18-3)4-5-17(9)13-15-8-11(7-14)10(2)16-13/h8-9,12H,4-7H2,1-3H3. The Kier molecular flexibility index (Phi) is 4.40. The first kappa shape index (κ1) is 13.6. The molecule has 18 heavy (non-hydrogen) atoms. The molecule has 0 radical (unpaired) electrons. The van der Waals surface area contributed by atoms with Crippen LogP contribution in [0.1, 0.15) is 31.0 Å². The summed E-state index contributed by atoms with van der Waals surface area (Å²) in [6.07, 6.45) is 4.25. The summed E-state index contributed by atoms with van der Waals surface area (Å²) in [5.74, 6) is 1.27. The van der Waals surface area contributed by atoms with E-state index in [1.54, 1.807) is 7.11 Å². The lowest BCUT2D eigenvalue weighted by molar-refractivity contribution is 0.0717. The fourth-order valence-electron chi connectivity index (χ4n) is 2.39. The normalized spacial score (nSPS) is 24.3. The largest absolute Gasteiger partial charge is 0.381 e. The van der Waals surface area contributed by atoms with E-state index >= 15 is 0 Å². The summed E-state index contributed by atoms with van der Waals surface area (Å²) < 4.78 is 5.42. The van der Waals surface area contributed by atoms with Gasteiger partial charge in [0.25, 0.3) is 0 Å². The molecule has 1 aliphatic heterocycles. The predicted molar refractivity (Wildman–Crippen MR) is 73.2 cm³/mol. The van der Waals surface area contributed by atoms with Crippen molar-refractivity contribution in [2.75, 3.05) is 18.6 Å². The van der Waals surface area contributed by atoms with Crippen molar-refractivity contribution in [3.05, 3.63) is 17.5 Å². The second-order valence-electron chi connectivity index (χ2n) is 4.84. The van der Waals surface area contributed by atoms with Gasteiger partial charge in [-0.15, -0.1) is 11.6 Å². The first-order chi connectivity index (χ1) is 8.65. The predicted octanol–water partition coefficient (Wildman–Crippen LogP) is 2.53. The molecule has 0 N–H and O–H groups in total. The number of methoxy groups -OCH3 is 1. The van der Waals surface area contributed by atoms with E-state index in [4.69, 9.17) is 16.3 Å². The minimum Gasteiger partial charge on any atom is -0.381 e. The van der Waals surface area contributed by atoms with Gasteiger partial charge in [-0.3, -0.25) is 0 Å². The number of ether oxygens (including phenoxy) is 1. The van der Waals surface area contributed by atoms with Crippen molar-refractivity contribution in [1.82, 2.24) is 9.97 Å². The monoisotopic (exact) mass is 269 g/mol. The van der Waals surface area contributed by atoms with Crippen molar-refractivity contribution in [2.24, 2.45) is 0 Å². The van der Waals surface area contributed by atoms with Gasteiger partial charge in [-0.05, 0) is 26.7 Å². The van der Waals surface area contributed by atoms with Gasteiger partial charge in [-0.2, -0.15) is 0 Å². The number of hydrogen-bond acceptors (Lipinski definition) is 4. The fourth-order valence-corrected chi connectivity index (χ4v) is 2.65. The number of aromatic nitrogens is 2. The van der Waals surface area contributed by atoms with Gasteiger partial charge in [-0.1, -0.05) is 0 Å². The van der Waals surface area contributed by atoms with Crippen LogP contribution in [-0.4, -0.2) is 35.8 Å². The van der Waals surface area contributed by atoms with Crippen LogP contribution in [0, 0.1) is 6.92 Å². The molecule has 1 fully saturated rings. The van der Waals surface area contributed by atoms with Crippen LogP contribution in [0.5, 0.6) is 0 Å². The number of aryl methyl sites for hydroxylation is 1. The lowest BCUT2D eigenvalue weighted by Crippen LogP contribution is -2.44. The zero-order valence-electron chi connectivity index (χ0n) is 11.2. The van der Waals surface area contributed by atoms with Crippen molar-refractivity contribution < 1.29 is 4.74 Å². The zero-order valence-corrected chi connectivity index (χ0v) is 11.9. The molecule has 0 amide bonds. The highest BCUT2D eigenvalue weighted by Crippen LogP contribution is 2.24. The van der Waals surface area contributed by atoms with E-state index in [0.29, 0.717) is 18.0 Å². The smallest absolute Gasteiger partial charge is 0.225 e. The van der Waals surface area contributed by atoms with Gasteiger partial charge in [0, 0.05) is 37.2 Å². The van der Waals surface area contributed by atoms with E-state index in [1.165, 1.54) is 0 Å². The molecule has 5 heteroatoms. The molecule has 0 spiro atoms. The van der Waals surface area contributed by atoms with Gasteiger partial charge < -0.3 is 9.64 Å². The van der Waals surface area contributed by atoms with Gasteiger partial charge in [-0.25, -0.2) is 9.97 Å². The molecule has 1 aromatic heterocycles. The Morgan fingerprint density at radius 3 is 2.89 bits per heavy atom. The highest BCUT2D eigenvalue weighted by atomic mass is 35.5. The maximum absolute atomic E-state index is 5.83. The number of hydrogen-bond donors (Lipinski definition) is 0. The summed E-state index contributed by atoms with van der Waals surface area (Å²) in [7, 11) is 1.78. The Bertz CT molecular complexity index is 413. The third kappa shape index (κ3) is 2.75. The van der Waals surface area contributed by atoms with E-state index in [2.05, 4.69) is 21.8 Å². The summed E-state index contributed by atoms with van der Waals surface area (Å²) in [5, 5.41) is 0. The molecular weight excluding hydrogens is 250 g/mol. The second kappa shape index (κ2) is 5.85. The van der Waals surface area contributed by atoms with Crippen LogP contribution < -0.4 is 4.90 Å². The molecule has 4 nitrogen and oxygen atoms in total. The highest BCUT2D eigenvalue weighted by molar-refractivity contribution is 6.17. The molecule has 0 aliphatic carbocycles. The van der Waals surface area contributed by atoms with E-state index in [1.807, 2.05) is 13.1 Å². The van der Waals surface area contributed by atoms with Crippen LogP contribution in [0.15, 0.2) is 6.20 Å². The quantitative estimate of drug-likeness (QED) is 0.791. The lowest BCUT2D eigenvalue weighted by Gasteiger charge is -2.37. The highest BCUT2D eigenvalue weighted by Gasteiger charge is 2.27. The van der Waals surface area contributed by atoms with E-state index in [-0.39, 0.29) is 0 Å². The molecule has 0 aromatic carbocycles. The summed E-state index contributed by atoms with van der Waals surface area (Å²) in [4.78, 5) is 11.2. The minimum absolute atomic E-state index is 0.361. The van der Waals surface area contributed by atoms with Crippen molar-refractivity contribution in [1.29, 1.82) is 0 Å². The number of halogens is 1. The van der Waals surface area contributed by atoms with Crippen LogP contribution in [0.3, 0.4) is 0 Å². The fraction of sp³-hybridized carbons (Fsp3) is 0.692. The SMILES string of the molecule is COC1CCN(c2ncc(CCl)c(C)n2)C(C)C1. The number of alkyl halides is 1. The Morgan fingerprint density at radius 1 is 1.56 bits per heavy atom. The molecule has 1 saturated heterocycles. The summed E-state index contributed by atoms with van der Waals surface area (Å²) >= 11 is 5.83. The van der Waals surface area contributed by atoms with E-state index in [0.717, 1.165) is 36.6 Å². The topological polar surface area (TPSA) is 38.2 Å². The molecule has 2 heterocycles. The molecule has 1 aliphatic rings. The molecule has 2 rings (SSSR count). The van der Waals surface area contributed by atoms with Crippen LogP contribution in [0.4, 0.5) is 5.95 Å². The van der Waals surface area contributed by atoms with Gasteiger partial charge in [0.2, 0.25) is 5.95 Å². The maximum atomic E-state index is 5.83. The van der Waals surface area contributed by atoms with Crippen molar-refractivity contribution in [3.63, 3.8) is 0 Å². The van der Waals surface area contributed by atoms with Crippen LogP contribution >= 0.6 is 11.6 Å². The first-order valence-corrected chi connectivity index (χ1v) is 6.87. The Morgan fingerprint density at radius 2 is 2.33 bits per heavy atom. The lowest BCUT2D eigenvalue weighted by atomic mass is 10.0. The molecule has 100 valence electrons. The van der Waals surface area contributed by atoms with E-state index in [9.17, 15) is 0 Å². The van der Waals surface area contributed by atoms with Crippen molar-refractivity contribution in [3.8, 4) is 0 Å². The van der Waals surface area contributed by atoms with E-state index < -0.39 is 0 Å². The van der Waals surface area contributed by atoms with Crippen molar-refractivity contribution >= 4 is 17.5 Å². The molecule has 0 saturated carbocycles. The van der Waals surface area contributed by atoms with Crippen molar-refractivity contribution in [2.45, 2.75) is 44.7 Å². The average molecular weight is 270 g/mol. The Labute approximate surface area is 113 Å². The Hall–Kier alpha value is -0.870. The Balaban J connectivity index is 2.14. The maximum Gasteiger partial charge on any atom is 0.225 e. The second-order valence-corrected chi connectivity index (χ2v) is 5.11. The van der Waals surface area contributed by atoms with Gasteiger partial charge in [0.15, 0.2) is 0 Å². The van der Waals surface area contributed by atoms with Gasteiger partial charge in [0.05, 0.1) is 12.0 Å². The third-order valence-electron chi connectivity index (χ3n) is 3.63. The van der Waals surface area contributed by atoms with Gasteiger partial charge in [0.1, 0.15) is 0 Å². The average Bonchev–Trinajstić information content (AvgIpc) is 2.38. The third-order valence-corrected chi connectivity index (χ3v) is 3.92. The van der Waals surface area contributed by atoms with Crippen LogP contribution in [-0.2, 0) is 10.6 Å². The molecule has 2 atom stereocenters. The summed E-state index contributed by atoms with van der Waals surface area (Å²) in [5.41, 5.74) is 1.97. The summed E-state index contributed by atoms with van der Waals surface area (Å²) in [6, 6.07) is 0.407. The number of piperidine rings is 1. The zero-order chi connectivity index (χ0) is 13.1. The van der Waals surface area contributed by atoms with Crippen LogP contribution in [0.2, 0.25) is 0 Å². The summed E-state index contributed by atoms with van der Waals surface area (Å²) in [6.45, 7) is 5.12. The number of anilines is 1. The van der Waals surface area contributed by atoms with Gasteiger partial charge >= 0.3 is 0 Å². The number of nitrogens with zero attached hydrogens (tertiary/aromatic N) is 3. The molecule has 0 bridgehead atoms. The molecule has 2 unspecified atom stereocenters. The molecule has 1 aromatic rings. The minimum atomic E-state index is 0.361. The van der Waals surface area contributed by atoms with Crippen LogP contribution in [0.25, 0.3) is 0 Å². The first-order valence-electron chi connectivity index (χ1n) is 6.33. The molecular formula is C13H20ClN3O. The number of rotatable bonds is 3.